The van der Waals surface area contributed by atoms with Crippen molar-refractivity contribution in [3.8, 4) is 11.5 Å². The summed E-state index contributed by atoms with van der Waals surface area (Å²) in [7, 11) is 4.61. The number of anilines is 1. The molecule has 0 spiro atoms. The fraction of sp³-hybridized carbons (Fsp3) is 0.190. The Kier molecular flexibility index (Phi) is 5.82. The largest absolute Gasteiger partial charge is 0.493 e. The predicted molar refractivity (Wildman–Crippen MR) is 110 cm³/mol. The lowest BCUT2D eigenvalue weighted by Gasteiger charge is -2.19. The number of nitrogens with zero attached hydrogens (tertiary/aromatic N) is 1. The van der Waals surface area contributed by atoms with Crippen molar-refractivity contribution < 1.29 is 19.1 Å². The number of amides is 2. The SMILES string of the molecule is COc1ccc(N(C)C(=O)CNC(=O)c2c[nH]c3ccccc3c2=O)cc1OC. The molecular formula is C21H21N3O5. The minimum atomic E-state index is -0.619. The zero-order valence-corrected chi connectivity index (χ0v) is 16.3. The molecule has 0 aliphatic heterocycles. The van der Waals surface area contributed by atoms with E-state index in [0.717, 1.165) is 0 Å². The van der Waals surface area contributed by atoms with Gasteiger partial charge in [0.25, 0.3) is 5.91 Å². The molecule has 0 bridgehead atoms. The van der Waals surface area contributed by atoms with Crippen molar-refractivity contribution in [1.82, 2.24) is 10.3 Å². The molecule has 0 atom stereocenters. The molecule has 3 aromatic rings. The lowest BCUT2D eigenvalue weighted by molar-refractivity contribution is -0.117. The highest BCUT2D eigenvalue weighted by Crippen LogP contribution is 2.31. The smallest absolute Gasteiger partial charge is 0.257 e. The Labute approximate surface area is 167 Å². The number of carbonyl (C=O) groups is 2. The molecular weight excluding hydrogens is 374 g/mol. The highest BCUT2D eigenvalue weighted by molar-refractivity contribution is 6.01. The van der Waals surface area contributed by atoms with E-state index in [-0.39, 0.29) is 18.0 Å². The lowest BCUT2D eigenvalue weighted by Crippen LogP contribution is -2.39. The second-order valence-corrected chi connectivity index (χ2v) is 6.25. The summed E-state index contributed by atoms with van der Waals surface area (Å²) in [5.74, 6) is 0.0474. The van der Waals surface area contributed by atoms with Gasteiger partial charge in [-0.05, 0) is 24.3 Å². The van der Waals surface area contributed by atoms with Crippen LogP contribution in [0.5, 0.6) is 11.5 Å². The van der Waals surface area contributed by atoms with Crippen LogP contribution in [0.25, 0.3) is 10.9 Å². The van der Waals surface area contributed by atoms with Crippen LogP contribution in [0.15, 0.2) is 53.5 Å². The maximum atomic E-state index is 12.5. The van der Waals surface area contributed by atoms with Gasteiger partial charge in [-0.15, -0.1) is 0 Å². The van der Waals surface area contributed by atoms with Crippen molar-refractivity contribution in [3.63, 3.8) is 0 Å². The molecule has 3 rings (SSSR count). The highest BCUT2D eigenvalue weighted by Gasteiger charge is 2.17. The van der Waals surface area contributed by atoms with Gasteiger partial charge in [0.05, 0.1) is 20.8 Å². The molecule has 0 aliphatic rings. The molecule has 1 heterocycles. The summed E-state index contributed by atoms with van der Waals surface area (Å²) in [6.45, 7) is -0.268. The Bertz CT molecular complexity index is 1120. The maximum absolute atomic E-state index is 12.5. The first-order chi connectivity index (χ1) is 14.0. The third-order valence-electron chi connectivity index (χ3n) is 4.56. The van der Waals surface area contributed by atoms with Gasteiger partial charge in [-0.3, -0.25) is 14.4 Å². The number of rotatable bonds is 6. The van der Waals surface area contributed by atoms with E-state index in [1.165, 1.54) is 25.3 Å². The van der Waals surface area contributed by atoms with Crippen LogP contribution >= 0.6 is 0 Å². The first-order valence-corrected chi connectivity index (χ1v) is 8.83. The zero-order chi connectivity index (χ0) is 21.0. The van der Waals surface area contributed by atoms with Crippen molar-refractivity contribution in [2.24, 2.45) is 0 Å². The molecule has 8 heteroatoms. The number of ether oxygens (including phenoxy) is 2. The number of hydrogen-bond donors (Lipinski definition) is 2. The number of nitrogens with one attached hydrogen (secondary N) is 2. The third kappa shape index (κ3) is 4.06. The number of pyridine rings is 1. The number of likely N-dealkylation sites (N-methyl/N-ethyl adjacent to an activating group) is 1. The molecule has 0 saturated heterocycles. The van der Waals surface area contributed by atoms with Crippen molar-refractivity contribution in [2.75, 3.05) is 32.7 Å². The Hall–Kier alpha value is -3.81. The van der Waals surface area contributed by atoms with Crippen LogP contribution in [0.3, 0.4) is 0 Å². The third-order valence-corrected chi connectivity index (χ3v) is 4.56. The predicted octanol–water partition coefficient (Wildman–Crippen LogP) is 1.94. The fourth-order valence-electron chi connectivity index (χ4n) is 2.88. The quantitative estimate of drug-likeness (QED) is 0.664. The summed E-state index contributed by atoms with van der Waals surface area (Å²) in [6.07, 6.45) is 1.35. The summed E-state index contributed by atoms with van der Waals surface area (Å²) in [5, 5.41) is 2.91. The molecule has 0 unspecified atom stereocenters. The van der Waals surface area contributed by atoms with E-state index in [9.17, 15) is 14.4 Å². The maximum Gasteiger partial charge on any atom is 0.257 e. The zero-order valence-electron chi connectivity index (χ0n) is 16.3. The van der Waals surface area contributed by atoms with Gasteiger partial charge in [0.1, 0.15) is 5.56 Å². The number of fused-ring (bicyclic) bond motifs is 1. The number of aromatic amines is 1. The first kappa shape index (κ1) is 19.9. The number of para-hydroxylation sites is 1. The van der Waals surface area contributed by atoms with E-state index in [4.69, 9.17) is 9.47 Å². The lowest BCUT2D eigenvalue weighted by atomic mass is 10.1. The summed E-state index contributed by atoms with van der Waals surface area (Å²) < 4.78 is 10.4. The number of carbonyl (C=O) groups excluding carboxylic acids is 2. The van der Waals surface area contributed by atoms with Crippen molar-refractivity contribution in [2.45, 2.75) is 0 Å². The molecule has 0 saturated carbocycles. The molecule has 2 amide bonds. The van der Waals surface area contributed by atoms with Gasteiger partial charge < -0.3 is 24.7 Å². The minimum Gasteiger partial charge on any atom is -0.493 e. The fourth-order valence-corrected chi connectivity index (χ4v) is 2.88. The molecule has 0 aliphatic carbocycles. The van der Waals surface area contributed by atoms with Crippen LogP contribution in [0.4, 0.5) is 5.69 Å². The van der Waals surface area contributed by atoms with Crippen molar-refractivity contribution in [3.05, 3.63) is 64.4 Å². The highest BCUT2D eigenvalue weighted by atomic mass is 16.5. The average Bonchev–Trinajstić information content (AvgIpc) is 2.76. The topological polar surface area (TPSA) is 101 Å². The van der Waals surface area contributed by atoms with Crippen LogP contribution in [0.1, 0.15) is 10.4 Å². The van der Waals surface area contributed by atoms with Crippen LogP contribution < -0.4 is 25.1 Å². The number of hydrogen-bond acceptors (Lipinski definition) is 5. The van der Waals surface area contributed by atoms with E-state index in [1.54, 1.807) is 49.5 Å². The number of aromatic nitrogens is 1. The summed E-state index contributed by atoms with van der Waals surface area (Å²) in [6, 6.07) is 12.0. The second kappa shape index (κ2) is 8.47. The normalized spacial score (nSPS) is 10.4. The number of benzene rings is 2. The van der Waals surface area contributed by atoms with Crippen LogP contribution in [-0.4, -0.2) is 44.6 Å². The molecule has 1 aromatic heterocycles. The van der Waals surface area contributed by atoms with Gasteiger partial charge in [-0.2, -0.15) is 0 Å². The Morgan fingerprint density at radius 3 is 2.52 bits per heavy atom. The molecule has 2 N–H and O–H groups in total. The standard InChI is InChI=1S/C21H21N3O5/c1-24(13-8-9-17(28-2)18(10-13)29-3)19(25)12-23-21(27)15-11-22-16-7-5-4-6-14(16)20(15)26/h4-11H,12H2,1-3H3,(H,22,26)(H,23,27). The Morgan fingerprint density at radius 1 is 1.07 bits per heavy atom. The Morgan fingerprint density at radius 2 is 1.79 bits per heavy atom. The number of H-pyrrole nitrogens is 1. The number of methoxy groups -OCH3 is 2. The molecule has 0 radical (unpaired) electrons. The molecule has 0 fully saturated rings. The van der Waals surface area contributed by atoms with Crippen molar-refractivity contribution in [1.29, 1.82) is 0 Å². The van der Waals surface area contributed by atoms with Crippen LogP contribution in [-0.2, 0) is 4.79 Å². The van der Waals surface area contributed by atoms with Crippen molar-refractivity contribution >= 4 is 28.4 Å². The molecule has 29 heavy (non-hydrogen) atoms. The molecule has 8 nitrogen and oxygen atoms in total. The first-order valence-electron chi connectivity index (χ1n) is 8.83. The van der Waals surface area contributed by atoms with Gasteiger partial charge in [0, 0.05) is 35.9 Å². The van der Waals surface area contributed by atoms with Gasteiger partial charge in [0.15, 0.2) is 11.5 Å². The van der Waals surface area contributed by atoms with Gasteiger partial charge >= 0.3 is 0 Å². The van der Waals surface area contributed by atoms with E-state index in [2.05, 4.69) is 10.3 Å². The van der Waals surface area contributed by atoms with Gasteiger partial charge in [-0.1, -0.05) is 12.1 Å². The van der Waals surface area contributed by atoms with Gasteiger partial charge in [-0.25, -0.2) is 0 Å². The summed E-state index contributed by atoms with van der Waals surface area (Å²) in [4.78, 5) is 41.7. The molecule has 150 valence electrons. The van der Waals surface area contributed by atoms with E-state index in [1.807, 2.05) is 0 Å². The molecule has 2 aromatic carbocycles. The summed E-state index contributed by atoms with van der Waals surface area (Å²) >= 11 is 0. The average molecular weight is 395 g/mol. The van der Waals surface area contributed by atoms with E-state index in [0.29, 0.717) is 28.1 Å². The second-order valence-electron chi connectivity index (χ2n) is 6.25. The van der Waals surface area contributed by atoms with Crippen LogP contribution in [0, 0.1) is 0 Å². The monoisotopic (exact) mass is 395 g/mol. The van der Waals surface area contributed by atoms with E-state index < -0.39 is 11.3 Å². The summed E-state index contributed by atoms with van der Waals surface area (Å²) in [5.41, 5.74) is 0.770. The van der Waals surface area contributed by atoms with Crippen LogP contribution in [0.2, 0.25) is 0 Å². The van der Waals surface area contributed by atoms with Gasteiger partial charge in [0.2, 0.25) is 11.3 Å². The minimum absolute atomic E-state index is 0.0507. The van der Waals surface area contributed by atoms with E-state index >= 15 is 0 Å². The Balaban J connectivity index is 1.71.